The molecule has 1 amide bonds. The normalized spacial score (nSPS) is 17.4. The lowest BCUT2D eigenvalue weighted by molar-refractivity contribution is -0.138. The summed E-state index contributed by atoms with van der Waals surface area (Å²) in [6.45, 7) is 2.97. The van der Waals surface area contributed by atoms with E-state index < -0.39 is 5.97 Å². The summed E-state index contributed by atoms with van der Waals surface area (Å²) in [5, 5.41) is 11.6. The van der Waals surface area contributed by atoms with Crippen LogP contribution < -0.4 is 5.32 Å². The molecule has 0 saturated heterocycles. The number of halogens is 1. The van der Waals surface area contributed by atoms with Crippen molar-refractivity contribution in [2.45, 2.75) is 51.5 Å². The Morgan fingerprint density at radius 2 is 1.90 bits per heavy atom. The Balaban J connectivity index is 0.00000361. The van der Waals surface area contributed by atoms with E-state index in [-0.39, 0.29) is 30.8 Å². The molecule has 5 nitrogen and oxygen atoms in total. The van der Waals surface area contributed by atoms with Gasteiger partial charge in [-0.2, -0.15) is 0 Å². The van der Waals surface area contributed by atoms with E-state index >= 15 is 0 Å². The molecule has 2 N–H and O–H groups in total. The first-order chi connectivity index (χ1) is 9.00. The average molecular weight is 307 g/mol. The highest BCUT2D eigenvalue weighted by molar-refractivity contribution is 5.85. The molecule has 0 radical (unpaired) electrons. The molecule has 0 bridgehead atoms. The van der Waals surface area contributed by atoms with Crippen LogP contribution in [0.2, 0.25) is 0 Å². The first-order valence-corrected chi connectivity index (χ1v) is 7.20. The van der Waals surface area contributed by atoms with Gasteiger partial charge in [0.2, 0.25) is 5.91 Å². The third-order valence-electron chi connectivity index (χ3n) is 4.01. The summed E-state index contributed by atoms with van der Waals surface area (Å²) in [5.74, 6) is -0.214. The molecule has 6 heteroatoms. The summed E-state index contributed by atoms with van der Waals surface area (Å²) in [6, 6.07) is -0.275. The smallest absolute Gasteiger partial charge is 0.304 e. The molecular weight excluding hydrogens is 280 g/mol. The van der Waals surface area contributed by atoms with Crippen LogP contribution in [0, 0.1) is 5.92 Å². The van der Waals surface area contributed by atoms with E-state index in [9.17, 15) is 9.59 Å². The number of amides is 1. The maximum atomic E-state index is 12.0. The molecule has 1 rings (SSSR count). The number of likely N-dealkylation sites (N-methyl/N-ethyl adjacent to an activating group) is 1. The number of carboxylic acids is 1. The number of nitrogens with zero attached hydrogens (tertiary/aromatic N) is 1. The van der Waals surface area contributed by atoms with Crippen molar-refractivity contribution < 1.29 is 14.7 Å². The van der Waals surface area contributed by atoms with Crippen molar-refractivity contribution in [3.05, 3.63) is 0 Å². The highest BCUT2D eigenvalue weighted by Crippen LogP contribution is 2.22. The number of nitrogens with one attached hydrogen (secondary N) is 1. The summed E-state index contributed by atoms with van der Waals surface area (Å²) in [4.78, 5) is 24.3. The Bertz CT molecular complexity index is 307. The highest BCUT2D eigenvalue weighted by Gasteiger charge is 2.20. The van der Waals surface area contributed by atoms with Gasteiger partial charge in [0, 0.05) is 13.1 Å². The minimum Gasteiger partial charge on any atom is -0.481 e. The minimum absolute atomic E-state index is 0. The van der Waals surface area contributed by atoms with Crippen molar-refractivity contribution in [1.82, 2.24) is 10.2 Å². The standard InChI is InChI=1S/C14H26N2O3.ClH/c1-11(16(2)9-8-13(17)18)14(19)15-10-12-6-4-3-5-7-12;/h11-12H,3-10H2,1-2H3,(H,15,19)(H,17,18);1H. The lowest BCUT2D eigenvalue weighted by Gasteiger charge is -2.26. The van der Waals surface area contributed by atoms with E-state index in [0.717, 1.165) is 6.54 Å². The van der Waals surface area contributed by atoms with Gasteiger partial charge in [-0.3, -0.25) is 14.5 Å². The van der Waals surface area contributed by atoms with Crippen LogP contribution in [0.3, 0.4) is 0 Å². The molecule has 1 aliphatic carbocycles. The molecule has 1 atom stereocenters. The molecule has 0 spiro atoms. The third kappa shape index (κ3) is 7.10. The zero-order valence-electron chi connectivity index (χ0n) is 12.4. The molecule has 1 aliphatic rings. The van der Waals surface area contributed by atoms with E-state index in [1.165, 1.54) is 32.1 Å². The molecule has 1 unspecified atom stereocenters. The summed E-state index contributed by atoms with van der Waals surface area (Å²) >= 11 is 0. The van der Waals surface area contributed by atoms with Crippen molar-refractivity contribution in [2.24, 2.45) is 5.92 Å². The first-order valence-electron chi connectivity index (χ1n) is 7.20. The van der Waals surface area contributed by atoms with E-state index in [1.54, 1.807) is 11.9 Å². The minimum atomic E-state index is -0.832. The van der Waals surface area contributed by atoms with Crippen LogP contribution in [-0.4, -0.2) is 48.1 Å². The Morgan fingerprint density at radius 3 is 2.45 bits per heavy atom. The van der Waals surface area contributed by atoms with Crippen LogP contribution in [0.4, 0.5) is 0 Å². The zero-order chi connectivity index (χ0) is 14.3. The van der Waals surface area contributed by atoms with Gasteiger partial charge in [-0.1, -0.05) is 19.3 Å². The SMILES string of the molecule is CC(C(=O)NCC1CCCCC1)N(C)CCC(=O)O.Cl. The van der Waals surface area contributed by atoms with Crippen molar-refractivity contribution in [3.8, 4) is 0 Å². The molecule has 0 aromatic carbocycles. The number of aliphatic carboxylic acids is 1. The Hall–Kier alpha value is -0.810. The van der Waals surface area contributed by atoms with Crippen LogP contribution in [-0.2, 0) is 9.59 Å². The summed E-state index contributed by atoms with van der Waals surface area (Å²) in [7, 11) is 1.79. The van der Waals surface area contributed by atoms with Gasteiger partial charge >= 0.3 is 5.97 Å². The summed E-state index contributed by atoms with van der Waals surface area (Å²) in [6.07, 6.45) is 6.35. The van der Waals surface area contributed by atoms with Crippen LogP contribution in [0.5, 0.6) is 0 Å². The van der Waals surface area contributed by atoms with Gasteiger partial charge in [0.15, 0.2) is 0 Å². The van der Waals surface area contributed by atoms with Crippen molar-refractivity contribution >= 4 is 24.3 Å². The van der Waals surface area contributed by atoms with E-state index in [1.807, 2.05) is 6.92 Å². The van der Waals surface area contributed by atoms with Crippen molar-refractivity contribution in [3.63, 3.8) is 0 Å². The van der Waals surface area contributed by atoms with Gasteiger partial charge in [0.25, 0.3) is 0 Å². The number of carbonyl (C=O) groups is 2. The quantitative estimate of drug-likeness (QED) is 0.754. The van der Waals surface area contributed by atoms with Crippen LogP contribution in [0.1, 0.15) is 45.4 Å². The molecule has 1 fully saturated rings. The molecule has 1 saturated carbocycles. The predicted octanol–water partition coefficient (Wildman–Crippen LogP) is 1.90. The summed E-state index contributed by atoms with van der Waals surface area (Å²) in [5.41, 5.74) is 0. The van der Waals surface area contributed by atoms with Crippen molar-refractivity contribution in [1.29, 1.82) is 0 Å². The van der Waals surface area contributed by atoms with Crippen LogP contribution in [0.15, 0.2) is 0 Å². The highest BCUT2D eigenvalue weighted by atomic mass is 35.5. The largest absolute Gasteiger partial charge is 0.481 e. The van der Waals surface area contributed by atoms with Gasteiger partial charge in [-0.15, -0.1) is 12.4 Å². The van der Waals surface area contributed by atoms with Gasteiger partial charge in [0.1, 0.15) is 0 Å². The summed E-state index contributed by atoms with van der Waals surface area (Å²) < 4.78 is 0. The van der Waals surface area contributed by atoms with Crippen LogP contribution >= 0.6 is 12.4 Å². The topological polar surface area (TPSA) is 69.6 Å². The maximum Gasteiger partial charge on any atom is 0.304 e. The average Bonchev–Trinajstić information content (AvgIpc) is 2.42. The lowest BCUT2D eigenvalue weighted by Crippen LogP contribution is -2.45. The number of carboxylic acid groups (broad SMARTS) is 1. The van der Waals surface area contributed by atoms with Gasteiger partial charge in [-0.05, 0) is 32.7 Å². The van der Waals surface area contributed by atoms with Gasteiger partial charge in [-0.25, -0.2) is 0 Å². The lowest BCUT2D eigenvalue weighted by atomic mass is 9.89. The van der Waals surface area contributed by atoms with Gasteiger partial charge < -0.3 is 10.4 Å². The Kier molecular flexibility index (Phi) is 9.59. The fourth-order valence-electron chi connectivity index (χ4n) is 2.45. The Morgan fingerprint density at radius 1 is 1.30 bits per heavy atom. The zero-order valence-corrected chi connectivity index (χ0v) is 13.2. The second-order valence-corrected chi connectivity index (χ2v) is 5.55. The number of carbonyl (C=O) groups excluding carboxylic acids is 1. The monoisotopic (exact) mass is 306 g/mol. The second kappa shape index (κ2) is 10.00. The fourth-order valence-corrected chi connectivity index (χ4v) is 2.45. The molecule has 0 aromatic rings. The predicted molar refractivity (Wildman–Crippen MR) is 81.2 cm³/mol. The van der Waals surface area contributed by atoms with E-state index in [0.29, 0.717) is 12.5 Å². The van der Waals surface area contributed by atoms with Crippen molar-refractivity contribution in [2.75, 3.05) is 20.1 Å². The van der Waals surface area contributed by atoms with E-state index in [4.69, 9.17) is 5.11 Å². The third-order valence-corrected chi connectivity index (χ3v) is 4.01. The Labute approximate surface area is 127 Å². The molecule has 20 heavy (non-hydrogen) atoms. The molecule has 0 aliphatic heterocycles. The number of rotatable bonds is 7. The molecular formula is C14H27ClN2O3. The molecule has 0 heterocycles. The first kappa shape index (κ1) is 19.2. The fraction of sp³-hybridized carbons (Fsp3) is 0.857. The number of hydrogen-bond acceptors (Lipinski definition) is 3. The van der Waals surface area contributed by atoms with Crippen LogP contribution in [0.25, 0.3) is 0 Å². The van der Waals surface area contributed by atoms with E-state index in [2.05, 4.69) is 5.32 Å². The second-order valence-electron chi connectivity index (χ2n) is 5.55. The molecule has 0 aromatic heterocycles. The maximum absolute atomic E-state index is 12.0. The molecule has 118 valence electrons. The van der Waals surface area contributed by atoms with Gasteiger partial charge in [0.05, 0.1) is 12.5 Å². The number of hydrogen-bond donors (Lipinski definition) is 2.